The van der Waals surface area contributed by atoms with Crippen molar-refractivity contribution in [3.63, 3.8) is 0 Å². The largest absolute Gasteiger partial charge is 0.344 e. The van der Waals surface area contributed by atoms with Crippen molar-refractivity contribution in [3.8, 4) is 158 Å². The van der Waals surface area contributed by atoms with Crippen LogP contribution in [0.25, 0.3) is 158 Å². The summed E-state index contributed by atoms with van der Waals surface area (Å²) < 4.78 is 0. The molecule has 0 bridgehead atoms. The van der Waals surface area contributed by atoms with Crippen LogP contribution in [0.2, 0.25) is 0 Å². The number of aromatic nitrogens is 9. The van der Waals surface area contributed by atoms with Crippen LogP contribution < -0.4 is 14.7 Å². The van der Waals surface area contributed by atoms with Gasteiger partial charge in [0.1, 0.15) is 0 Å². The minimum Gasteiger partial charge on any atom is -0.344 e. The van der Waals surface area contributed by atoms with Crippen molar-refractivity contribution >= 4 is 45.5 Å². The van der Waals surface area contributed by atoms with Crippen molar-refractivity contribution in [2.45, 2.75) is 77.0 Å². The molecule has 3 aromatic heterocycles. The molecule has 0 unspecified atom stereocenters. The van der Waals surface area contributed by atoms with E-state index in [1.807, 2.05) is 66.7 Å². The molecule has 4 aliphatic carbocycles. The maximum absolute atomic E-state index is 5.23. The van der Waals surface area contributed by atoms with Crippen molar-refractivity contribution < 1.29 is 0 Å². The van der Waals surface area contributed by atoms with Crippen molar-refractivity contribution in [2.75, 3.05) is 21.7 Å². The van der Waals surface area contributed by atoms with Gasteiger partial charge in [0.2, 0.25) is 0 Å². The molecule has 22 aromatic rings. The van der Waals surface area contributed by atoms with Gasteiger partial charge >= 0.3 is 0 Å². The molecule has 19 aromatic carbocycles. The average Bonchev–Trinajstić information content (AvgIpc) is 1.57. The Morgan fingerprint density at radius 3 is 0.669 bits per heavy atom. The lowest BCUT2D eigenvalue weighted by molar-refractivity contribution is 0.660. The number of para-hydroxylation sites is 4. The summed E-state index contributed by atoms with van der Waals surface area (Å²) in [7, 11) is 2.16. The second-order valence-corrected chi connectivity index (χ2v) is 40.4. The molecule has 4 aliphatic rings. The summed E-state index contributed by atoms with van der Waals surface area (Å²) in [6.07, 6.45) is 0. The number of fused-ring (bicyclic) bond motifs is 12. The van der Waals surface area contributed by atoms with Crippen LogP contribution in [0.3, 0.4) is 0 Å². The summed E-state index contributed by atoms with van der Waals surface area (Å²) in [6.45, 7) is 18.5. The Labute approximate surface area is 865 Å². The molecular weight excluding hydrogens is 1800 g/mol. The quantitative estimate of drug-likeness (QED) is 0.0812. The van der Waals surface area contributed by atoms with E-state index in [2.05, 4.69) is 490 Å². The smallest absolute Gasteiger partial charge is 0.164 e. The van der Waals surface area contributed by atoms with Crippen molar-refractivity contribution in [1.29, 1.82) is 0 Å². The van der Waals surface area contributed by atoms with Crippen LogP contribution in [-0.4, -0.2) is 51.9 Å². The van der Waals surface area contributed by atoms with Crippen molar-refractivity contribution in [2.24, 2.45) is 0 Å². The highest BCUT2D eigenvalue weighted by molar-refractivity contribution is 5.97. The summed E-state index contributed by atoms with van der Waals surface area (Å²) in [5, 5.41) is 0. The lowest BCUT2D eigenvalue weighted by atomic mass is 9.82. The lowest BCUT2D eigenvalue weighted by Crippen LogP contribution is -2.15. The summed E-state index contributed by atoms with van der Waals surface area (Å²) >= 11 is 0. The first-order chi connectivity index (χ1) is 72.3. The van der Waals surface area contributed by atoms with Gasteiger partial charge in [0.05, 0.1) is 0 Å². The van der Waals surface area contributed by atoms with E-state index in [-0.39, 0.29) is 21.7 Å². The molecule has 0 amide bonds. The van der Waals surface area contributed by atoms with Crippen LogP contribution in [0.4, 0.5) is 45.5 Å². The van der Waals surface area contributed by atoms with Crippen LogP contribution in [-0.2, 0) is 21.7 Å². The van der Waals surface area contributed by atoms with Gasteiger partial charge in [-0.05, 0) is 228 Å². The SMILES string of the molecule is CC1(C)c2ccccc2-c2c(-c3nc(-c4ccc(N(c5ccccc5)c5ccccc5)cc4)nc(-c4cccc(-c5ccccc5)c4)n3)cccc21.CC1(C)c2ccccc2-c2c(-c3nc(-c4ccccc4)nc(-c4ccc(N(c5ccccc5)c5ccccc5)cc4)n3)cccc21.CN(c1ccc(-c2nc(-c3ccccc3)nc(-c3cccc4c3-c3ccccc3C4(C)C)n2)cc1)c1cccc2c1-c1ccccc1C2(C)C. The van der Waals surface area contributed by atoms with Gasteiger partial charge < -0.3 is 14.7 Å². The molecule has 12 heteroatoms. The van der Waals surface area contributed by atoms with Gasteiger partial charge in [-0.15, -0.1) is 0 Å². The van der Waals surface area contributed by atoms with Crippen LogP contribution in [0.5, 0.6) is 0 Å². The third kappa shape index (κ3) is 16.7. The summed E-state index contributed by atoms with van der Waals surface area (Å²) in [5.41, 5.74) is 39.9. The van der Waals surface area contributed by atoms with Gasteiger partial charge in [-0.3, -0.25) is 0 Å². The molecule has 0 fully saturated rings. The van der Waals surface area contributed by atoms with Gasteiger partial charge in [0, 0.05) is 130 Å². The van der Waals surface area contributed by atoms with Crippen molar-refractivity contribution in [3.05, 3.63) is 524 Å². The summed E-state index contributed by atoms with van der Waals surface area (Å²) in [6, 6.07) is 168. The fraction of sp³-hybridized carbons (Fsp3) is 0.0956. The highest BCUT2D eigenvalue weighted by Gasteiger charge is 2.42. The second kappa shape index (κ2) is 38.0. The number of hydrogen-bond acceptors (Lipinski definition) is 12. The predicted molar refractivity (Wildman–Crippen MR) is 608 cm³/mol. The maximum atomic E-state index is 5.23. The van der Waals surface area contributed by atoms with Crippen LogP contribution in [0.15, 0.2) is 479 Å². The van der Waals surface area contributed by atoms with Crippen molar-refractivity contribution in [1.82, 2.24) is 44.9 Å². The van der Waals surface area contributed by atoms with Gasteiger partial charge in [-0.25, -0.2) is 44.9 Å². The van der Waals surface area contributed by atoms with Gasteiger partial charge in [-0.2, -0.15) is 0 Å². The first-order valence-corrected chi connectivity index (χ1v) is 50.7. The molecule has 0 spiro atoms. The molecule has 26 rings (SSSR count). The molecule has 0 saturated carbocycles. The standard InChI is InChI=1S/C48H36N4.C46H38N4.C42H32N4/c1-48(2)42-26-13-12-24-40(42)44-41(25-15-27-43(44)48)47-50-45(49-46(51-47)36-19-14-18-35(32-36)33-16-6-3-7-17-33)34-28-30-39(31-29-34)52(37-20-8-4-9-21-37)38-22-10-5-11-23-38;1-45(2)35-20-11-9-17-32(35)40-34(19-13-22-37(40)45)44-48-42(29-15-7-6-8-16-29)47-43(49-44)30-25-27-31(28-26-30)50(5)39-24-14-23-38-41(39)33-18-10-12-21-36(33)46(38,3)4;1-42(2)36-23-13-12-21-34(36)38-35(22-14-24-37(38)42)41-44-39(29-15-6-3-7-16-29)43-40(45-41)30-25-27-33(28-26-30)46(31-17-8-4-9-18-31)32-19-10-5-11-20-32/h3-32H,1-2H3;6-28H,1-5H3;3-28H,1-2H3. The monoisotopic (exact) mass is 1910 g/mol. The van der Waals surface area contributed by atoms with E-state index >= 15 is 0 Å². The minimum atomic E-state index is -0.135. The molecule has 148 heavy (non-hydrogen) atoms. The maximum Gasteiger partial charge on any atom is 0.164 e. The highest BCUT2D eigenvalue weighted by Crippen LogP contribution is 2.58. The highest BCUT2D eigenvalue weighted by atomic mass is 15.2. The molecule has 0 aliphatic heterocycles. The van der Waals surface area contributed by atoms with E-state index in [9.17, 15) is 0 Å². The second-order valence-electron chi connectivity index (χ2n) is 40.4. The zero-order valence-corrected chi connectivity index (χ0v) is 84.0. The molecule has 0 radical (unpaired) electrons. The van der Waals surface area contributed by atoms with E-state index in [1.165, 1.54) is 94.7 Å². The van der Waals surface area contributed by atoms with E-state index in [4.69, 9.17) is 44.9 Å². The Kier molecular flexibility index (Phi) is 23.7. The lowest BCUT2D eigenvalue weighted by Gasteiger charge is -2.25. The van der Waals surface area contributed by atoms with E-state index in [1.54, 1.807) is 0 Å². The zero-order valence-electron chi connectivity index (χ0n) is 84.0. The third-order valence-corrected chi connectivity index (χ3v) is 30.0. The van der Waals surface area contributed by atoms with Crippen LogP contribution in [0, 0.1) is 0 Å². The molecule has 0 saturated heterocycles. The number of nitrogens with zero attached hydrogens (tertiary/aromatic N) is 12. The molecular formula is C136H106N12. The fourth-order valence-electron chi connectivity index (χ4n) is 22.4. The van der Waals surface area contributed by atoms with E-state index in [0.717, 1.165) is 101 Å². The molecule has 3 heterocycles. The molecule has 710 valence electrons. The Morgan fingerprint density at radius 2 is 0.351 bits per heavy atom. The number of hydrogen-bond donors (Lipinski definition) is 0. The number of rotatable bonds is 18. The predicted octanol–water partition coefficient (Wildman–Crippen LogP) is 34.2. The normalized spacial score (nSPS) is 13.2. The summed E-state index contributed by atoms with van der Waals surface area (Å²) in [4.78, 5) is 53.0. The van der Waals surface area contributed by atoms with E-state index < -0.39 is 0 Å². The number of benzene rings is 19. The minimum absolute atomic E-state index is 0.0454. The molecule has 0 N–H and O–H groups in total. The first kappa shape index (κ1) is 92.0. The third-order valence-electron chi connectivity index (χ3n) is 30.0. The number of anilines is 8. The molecule has 0 atom stereocenters. The topological polar surface area (TPSA) is 126 Å². The van der Waals surface area contributed by atoms with E-state index in [0.29, 0.717) is 52.4 Å². The van der Waals surface area contributed by atoms with Gasteiger partial charge in [-0.1, -0.05) is 401 Å². The Bertz CT molecular complexity index is 8660. The Hall–Kier alpha value is -18.4. The Morgan fingerprint density at radius 1 is 0.149 bits per heavy atom. The average molecular weight is 1910 g/mol. The summed E-state index contributed by atoms with van der Waals surface area (Å²) in [5.74, 6) is 5.90. The molecule has 12 nitrogen and oxygen atoms in total. The zero-order chi connectivity index (χ0) is 100. The van der Waals surface area contributed by atoms with Gasteiger partial charge in [0.25, 0.3) is 0 Å². The van der Waals surface area contributed by atoms with Gasteiger partial charge in [0.15, 0.2) is 52.4 Å². The van der Waals surface area contributed by atoms with Crippen LogP contribution >= 0.6 is 0 Å². The fourth-order valence-corrected chi connectivity index (χ4v) is 22.4. The van der Waals surface area contributed by atoms with Crippen LogP contribution in [0.1, 0.15) is 99.9 Å². The first-order valence-electron chi connectivity index (χ1n) is 50.7. The Balaban J connectivity index is 0.000000119.